The van der Waals surface area contributed by atoms with E-state index in [2.05, 4.69) is 102 Å². The van der Waals surface area contributed by atoms with Gasteiger partial charge in [0, 0.05) is 33.4 Å². The Bertz CT molecular complexity index is 1420. The highest BCUT2D eigenvalue weighted by molar-refractivity contribution is 9.10. The van der Waals surface area contributed by atoms with E-state index >= 15 is 0 Å². The second kappa shape index (κ2) is 6.52. The van der Waals surface area contributed by atoms with E-state index in [1.165, 1.54) is 76.0 Å². The molecule has 8 rings (SSSR count). The summed E-state index contributed by atoms with van der Waals surface area (Å²) >= 11 is 7.30. The van der Waals surface area contributed by atoms with Crippen LogP contribution in [0.3, 0.4) is 0 Å². The van der Waals surface area contributed by atoms with Crippen molar-refractivity contribution in [2.24, 2.45) is 0 Å². The average Bonchev–Trinajstić information content (AvgIpc) is 3.32. The lowest BCUT2D eigenvalue weighted by Crippen LogP contribution is -2.46. The molecule has 2 bridgehead atoms. The highest BCUT2D eigenvalue weighted by Gasteiger charge is 2.33. The number of fused-ring (bicyclic) bond motifs is 12. The molecule has 0 radical (unpaired) electrons. The molecule has 2 nitrogen and oxygen atoms in total. The van der Waals surface area contributed by atoms with E-state index in [1.807, 2.05) is 0 Å². The van der Waals surface area contributed by atoms with Crippen molar-refractivity contribution in [1.82, 2.24) is 0 Å². The Hall–Kier alpha value is -2.56. The highest BCUT2D eigenvalue weighted by Crippen LogP contribution is 2.47. The highest BCUT2D eigenvalue weighted by atomic mass is 79.9. The van der Waals surface area contributed by atoms with Crippen molar-refractivity contribution >= 4 is 43.2 Å². The lowest BCUT2D eigenvalue weighted by molar-refractivity contribution is 0.650. The first-order chi connectivity index (χ1) is 16.1. The fraction of sp³-hybridized carbons (Fsp3) is 0.172. The molecule has 2 heterocycles. The van der Waals surface area contributed by atoms with Crippen LogP contribution in [-0.2, 0) is 25.9 Å². The van der Waals surface area contributed by atoms with E-state index in [0.29, 0.717) is 0 Å². The van der Waals surface area contributed by atoms with E-state index < -0.39 is 0 Å². The van der Waals surface area contributed by atoms with Gasteiger partial charge in [0.1, 0.15) is 0 Å². The molecule has 0 amide bonds. The zero-order valence-corrected chi connectivity index (χ0v) is 21.1. The van der Waals surface area contributed by atoms with Crippen molar-refractivity contribution in [2.45, 2.75) is 25.9 Å². The summed E-state index contributed by atoms with van der Waals surface area (Å²) in [6, 6.07) is 23.3. The second-order valence-electron chi connectivity index (χ2n) is 9.77. The molecule has 0 fully saturated rings. The first-order valence-corrected chi connectivity index (χ1v) is 13.1. The molecule has 0 aromatic heterocycles. The molecular formula is C29H20Br2N2. The van der Waals surface area contributed by atoms with Crippen molar-refractivity contribution in [3.05, 3.63) is 103 Å². The summed E-state index contributed by atoms with van der Waals surface area (Å²) in [4.78, 5) is 5.15. The van der Waals surface area contributed by atoms with Crippen LogP contribution in [0.5, 0.6) is 0 Å². The van der Waals surface area contributed by atoms with Gasteiger partial charge in [-0.15, -0.1) is 0 Å². The smallest absolute Gasteiger partial charge is 0.0910 e. The Balaban J connectivity index is 1.22. The first kappa shape index (κ1) is 18.8. The van der Waals surface area contributed by atoms with Gasteiger partial charge in [-0.1, -0.05) is 44.0 Å². The van der Waals surface area contributed by atoms with Gasteiger partial charge in [0.25, 0.3) is 0 Å². The number of halogens is 2. The first-order valence-electron chi connectivity index (χ1n) is 11.5. The molecule has 33 heavy (non-hydrogen) atoms. The maximum absolute atomic E-state index is 3.65. The molecule has 4 aromatic rings. The van der Waals surface area contributed by atoms with Gasteiger partial charge in [0.15, 0.2) is 0 Å². The van der Waals surface area contributed by atoms with Crippen molar-refractivity contribution in [3.63, 3.8) is 0 Å². The molecule has 2 aliphatic carbocycles. The molecule has 0 atom stereocenters. The van der Waals surface area contributed by atoms with Crippen LogP contribution >= 0.6 is 31.9 Å². The Morgan fingerprint density at radius 1 is 0.485 bits per heavy atom. The van der Waals surface area contributed by atoms with Gasteiger partial charge in [-0.3, -0.25) is 0 Å². The Morgan fingerprint density at radius 2 is 0.939 bits per heavy atom. The Morgan fingerprint density at radius 3 is 1.42 bits per heavy atom. The van der Waals surface area contributed by atoms with Crippen molar-refractivity contribution in [2.75, 3.05) is 16.5 Å². The van der Waals surface area contributed by atoms with Gasteiger partial charge in [-0.2, -0.15) is 0 Å². The fourth-order valence-electron chi connectivity index (χ4n) is 6.38. The van der Waals surface area contributed by atoms with Gasteiger partial charge in [-0.25, -0.2) is 0 Å². The average molecular weight is 556 g/mol. The third-order valence-corrected chi connectivity index (χ3v) is 8.82. The topological polar surface area (TPSA) is 6.48 Å². The SMILES string of the molecule is Brc1ccc2c(c1)Cc1cc3c(cc1-2)CN1CN3Cc2cc3c(cc21)Cc1cc(Br)ccc1-3. The van der Waals surface area contributed by atoms with Crippen molar-refractivity contribution < 1.29 is 0 Å². The minimum Gasteiger partial charge on any atom is -0.349 e. The van der Waals surface area contributed by atoms with Crippen LogP contribution < -0.4 is 9.80 Å². The van der Waals surface area contributed by atoms with Crippen LogP contribution in [0.2, 0.25) is 0 Å². The predicted molar refractivity (Wildman–Crippen MR) is 142 cm³/mol. The summed E-state index contributed by atoms with van der Waals surface area (Å²) in [6.07, 6.45) is 2.07. The lowest BCUT2D eigenvalue weighted by atomic mass is 9.94. The van der Waals surface area contributed by atoms with Crippen LogP contribution in [-0.4, -0.2) is 6.67 Å². The normalized spacial score (nSPS) is 16.1. The third kappa shape index (κ3) is 2.65. The summed E-state index contributed by atoms with van der Waals surface area (Å²) < 4.78 is 2.34. The summed E-state index contributed by atoms with van der Waals surface area (Å²) in [6.45, 7) is 2.94. The molecule has 0 N–H and O–H groups in total. The molecule has 4 aliphatic rings. The van der Waals surface area contributed by atoms with Crippen molar-refractivity contribution in [3.8, 4) is 22.3 Å². The van der Waals surface area contributed by atoms with E-state index in [0.717, 1.165) is 32.6 Å². The third-order valence-electron chi connectivity index (χ3n) is 7.83. The number of rotatable bonds is 0. The maximum atomic E-state index is 3.65. The minimum absolute atomic E-state index is 0.981. The van der Waals surface area contributed by atoms with Gasteiger partial charge in [0.2, 0.25) is 0 Å². The molecule has 4 aromatic carbocycles. The van der Waals surface area contributed by atoms with Crippen LogP contribution in [0.25, 0.3) is 22.3 Å². The van der Waals surface area contributed by atoms with E-state index in [9.17, 15) is 0 Å². The number of hydrogen-bond acceptors (Lipinski definition) is 2. The van der Waals surface area contributed by atoms with Gasteiger partial charge in [0.05, 0.1) is 6.67 Å². The minimum atomic E-state index is 0.981. The number of benzene rings is 4. The molecule has 0 unspecified atom stereocenters. The van der Waals surface area contributed by atoms with E-state index in [1.54, 1.807) is 0 Å². The molecule has 160 valence electrons. The molecule has 0 spiro atoms. The summed E-state index contributed by atoms with van der Waals surface area (Å²) in [5, 5.41) is 0. The van der Waals surface area contributed by atoms with Crippen LogP contribution in [0.1, 0.15) is 33.4 Å². The van der Waals surface area contributed by atoms with Gasteiger partial charge < -0.3 is 9.80 Å². The van der Waals surface area contributed by atoms with E-state index in [-0.39, 0.29) is 0 Å². The zero-order chi connectivity index (χ0) is 21.8. The zero-order valence-electron chi connectivity index (χ0n) is 18.0. The van der Waals surface area contributed by atoms with Gasteiger partial charge in [-0.05, 0) is 117 Å². The molecular weight excluding hydrogens is 536 g/mol. The Kier molecular flexibility index (Phi) is 3.72. The van der Waals surface area contributed by atoms with Gasteiger partial charge >= 0.3 is 0 Å². The maximum Gasteiger partial charge on any atom is 0.0910 e. The number of nitrogens with zero attached hydrogens (tertiary/aromatic N) is 2. The standard InChI is InChI=1S/C29H20Br2N2/c30-22-1-3-24-16(7-22)5-18-11-28-20(9-26(18)24)13-32-15-33(28)14-21-10-27-19(12-29(21)32)6-17-8-23(31)2-4-25(17)27/h1-4,7-12H,5-6,13-15H2. The summed E-state index contributed by atoms with van der Waals surface area (Å²) in [7, 11) is 0. The second-order valence-corrected chi connectivity index (χ2v) is 11.6. The summed E-state index contributed by atoms with van der Waals surface area (Å²) in [5.41, 5.74) is 17.2. The fourth-order valence-corrected chi connectivity index (χ4v) is 7.20. The van der Waals surface area contributed by atoms with Crippen LogP contribution in [0.15, 0.2) is 69.6 Å². The van der Waals surface area contributed by atoms with Crippen molar-refractivity contribution in [1.29, 1.82) is 0 Å². The Labute approximate surface area is 210 Å². The largest absolute Gasteiger partial charge is 0.349 e. The monoisotopic (exact) mass is 554 g/mol. The molecule has 4 heteroatoms. The lowest BCUT2D eigenvalue weighted by Gasteiger charge is -2.45. The quantitative estimate of drug-likeness (QED) is 0.190. The number of anilines is 2. The van der Waals surface area contributed by atoms with E-state index in [4.69, 9.17) is 0 Å². The number of hydrogen-bond donors (Lipinski definition) is 0. The molecule has 0 saturated heterocycles. The molecule has 0 saturated carbocycles. The molecule has 2 aliphatic heterocycles. The predicted octanol–water partition coefficient (Wildman–Crippen LogP) is 7.65. The van der Waals surface area contributed by atoms with Crippen LogP contribution in [0.4, 0.5) is 11.4 Å². The van der Waals surface area contributed by atoms with Crippen LogP contribution in [0, 0.1) is 0 Å². The summed E-state index contributed by atoms with van der Waals surface area (Å²) in [5.74, 6) is 0.